The minimum absolute atomic E-state index is 0. The predicted molar refractivity (Wildman–Crippen MR) is 64.5 cm³/mol. The summed E-state index contributed by atoms with van der Waals surface area (Å²) in [6.07, 6.45) is -4.52. The molecule has 0 unspecified atom stereocenters. The van der Waals surface area contributed by atoms with E-state index >= 15 is 0 Å². The molecule has 20 heavy (non-hydrogen) atoms. The van der Waals surface area contributed by atoms with Gasteiger partial charge in [-0.1, -0.05) is 25.7 Å². The van der Waals surface area contributed by atoms with Crippen LogP contribution in [-0.4, -0.2) is 24.4 Å². The van der Waals surface area contributed by atoms with Crippen LogP contribution in [-0.2, 0) is 10.1 Å². The Labute approximate surface area is 115 Å². The third-order valence-corrected chi connectivity index (χ3v) is 3.51. The van der Waals surface area contributed by atoms with Gasteiger partial charge in [-0.3, -0.25) is 4.55 Å². The van der Waals surface area contributed by atoms with Crippen LogP contribution in [0.2, 0.25) is 0 Å². The molecule has 0 saturated heterocycles. The fourth-order valence-electron chi connectivity index (χ4n) is 1.49. The summed E-state index contributed by atoms with van der Waals surface area (Å²) in [5, 5.41) is -4.15. The Kier molecular flexibility index (Phi) is 9.52. The van der Waals surface area contributed by atoms with Gasteiger partial charge in [-0.15, -0.1) is 0 Å². The van der Waals surface area contributed by atoms with Crippen molar-refractivity contribution in [2.75, 3.05) is 0 Å². The summed E-state index contributed by atoms with van der Waals surface area (Å²) < 4.78 is 89.5. The SMILES string of the molecule is N.O=S(=O)(O)C(F)(F)CCCCCCCCC(F)(F)F. The Morgan fingerprint density at radius 1 is 0.750 bits per heavy atom. The lowest BCUT2D eigenvalue weighted by Gasteiger charge is -2.12. The molecule has 0 radical (unpaired) electrons. The second kappa shape index (κ2) is 8.73. The van der Waals surface area contributed by atoms with Gasteiger partial charge in [0.1, 0.15) is 0 Å². The Hall–Kier alpha value is -0.480. The van der Waals surface area contributed by atoms with E-state index < -0.39 is 34.4 Å². The molecule has 0 saturated carbocycles. The average Bonchev–Trinajstić information content (AvgIpc) is 2.18. The van der Waals surface area contributed by atoms with E-state index in [0.717, 1.165) is 0 Å². The van der Waals surface area contributed by atoms with Crippen molar-refractivity contribution >= 4 is 10.1 Å². The highest BCUT2D eigenvalue weighted by molar-refractivity contribution is 7.86. The van der Waals surface area contributed by atoms with E-state index in [-0.39, 0.29) is 25.4 Å². The largest absolute Gasteiger partial charge is 0.389 e. The summed E-state index contributed by atoms with van der Waals surface area (Å²) >= 11 is 0. The number of hydrogen-bond donors (Lipinski definition) is 2. The lowest BCUT2D eigenvalue weighted by atomic mass is 10.1. The molecule has 124 valence electrons. The van der Waals surface area contributed by atoms with Crippen molar-refractivity contribution in [2.24, 2.45) is 0 Å². The molecule has 0 rings (SSSR count). The van der Waals surface area contributed by atoms with Crippen molar-refractivity contribution in [2.45, 2.75) is 62.8 Å². The first-order valence-electron chi connectivity index (χ1n) is 5.87. The van der Waals surface area contributed by atoms with Gasteiger partial charge in [-0.2, -0.15) is 30.4 Å². The second-order valence-electron chi connectivity index (χ2n) is 4.35. The maximum Gasteiger partial charge on any atom is 0.389 e. The number of alkyl halides is 5. The highest BCUT2D eigenvalue weighted by atomic mass is 32.2. The van der Waals surface area contributed by atoms with E-state index in [1.807, 2.05) is 0 Å². The van der Waals surface area contributed by atoms with Crippen LogP contribution < -0.4 is 6.15 Å². The van der Waals surface area contributed by atoms with E-state index in [0.29, 0.717) is 19.3 Å². The first kappa shape index (κ1) is 21.8. The predicted octanol–water partition coefficient (Wildman–Crippen LogP) is 4.31. The standard InChI is InChI=1S/C10H17F5O3S.H3N/c11-9(12,13)7-5-3-1-2-4-6-8-10(14,15)19(16,17)18;/h1-8H2,(H,16,17,18);1H3. The summed E-state index contributed by atoms with van der Waals surface area (Å²) in [6, 6.07) is 0. The van der Waals surface area contributed by atoms with Gasteiger partial charge in [-0.25, -0.2) is 0 Å². The number of rotatable bonds is 9. The molecule has 0 spiro atoms. The molecule has 0 bridgehead atoms. The maximum atomic E-state index is 12.7. The van der Waals surface area contributed by atoms with Crippen LogP contribution in [0.4, 0.5) is 22.0 Å². The van der Waals surface area contributed by atoms with Crippen LogP contribution in [0.25, 0.3) is 0 Å². The van der Waals surface area contributed by atoms with Crippen LogP contribution in [0.15, 0.2) is 0 Å². The van der Waals surface area contributed by atoms with E-state index in [9.17, 15) is 30.4 Å². The molecule has 0 aliphatic rings. The minimum Gasteiger partial charge on any atom is -0.344 e. The lowest BCUT2D eigenvalue weighted by Crippen LogP contribution is -2.27. The molecular formula is C10H20F5NO3S. The van der Waals surface area contributed by atoms with Gasteiger partial charge in [0, 0.05) is 12.8 Å². The van der Waals surface area contributed by atoms with Gasteiger partial charge in [0.25, 0.3) is 0 Å². The van der Waals surface area contributed by atoms with E-state index in [1.165, 1.54) is 0 Å². The quantitative estimate of drug-likeness (QED) is 0.375. The molecule has 0 atom stereocenters. The molecule has 4 nitrogen and oxygen atoms in total. The number of hydrogen-bond acceptors (Lipinski definition) is 3. The van der Waals surface area contributed by atoms with Crippen LogP contribution in [0.3, 0.4) is 0 Å². The van der Waals surface area contributed by atoms with Gasteiger partial charge < -0.3 is 6.15 Å². The fraction of sp³-hybridized carbons (Fsp3) is 1.00. The van der Waals surface area contributed by atoms with Gasteiger partial charge in [-0.05, 0) is 12.8 Å². The molecule has 0 aliphatic heterocycles. The van der Waals surface area contributed by atoms with Crippen LogP contribution in [0, 0.1) is 0 Å². The summed E-state index contributed by atoms with van der Waals surface area (Å²) in [5.74, 6) is 0. The minimum atomic E-state index is -5.38. The van der Waals surface area contributed by atoms with Crippen LogP contribution in [0.1, 0.15) is 51.4 Å². The molecule has 10 heteroatoms. The zero-order valence-electron chi connectivity index (χ0n) is 10.9. The van der Waals surface area contributed by atoms with E-state index in [2.05, 4.69) is 0 Å². The normalized spacial score (nSPS) is 13.1. The van der Waals surface area contributed by atoms with Crippen molar-refractivity contribution in [3.8, 4) is 0 Å². The first-order valence-corrected chi connectivity index (χ1v) is 7.31. The van der Waals surface area contributed by atoms with Gasteiger partial charge in [0.2, 0.25) is 0 Å². The molecular weight excluding hydrogens is 309 g/mol. The van der Waals surface area contributed by atoms with Gasteiger partial charge >= 0.3 is 21.5 Å². The summed E-state index contributed by atoms with van der Waals surface area (Å²) in [7, 11) is -5.38. The highest BCUT2D eigenvalue weighted by Gasteiger charge is 2.42. The Morgan fingerprint density at radius 2 is 1.10 bits per heavy atom. The molecule has 4 N–H and O–H groups in total. The summed E-state index contributed by atoms with van der Waals surface area (Å²) in [6.45, 7) is 0. The summed E-state index contributed by atoms with van der Waals surface area (Å²) in [5.41, 5.74) is 0. The van der Waals surface area contributed by atoms with Crippen LogP contribution >= 0.6 is 0 Å². The fourth-order valence-corrected chi connectivity index (χ4v) is 1.89. The van der Waals surface area contributed by atoms with Crippen LogP contribution in [0.5, 0.6) is 0 Å². The first-order chi connectivity index (χ1) is 8.46. The molecule has 0 aromatic rings. The van der Waals surface area contributed by atoms with Crippen molar-refractivity contribution < 1.29 is 34.9 Å². The second-order valence-corrected chi connectivity index (χ2v) is 5.90. The maximum absolute atomic E-state index is 12.7. The Balaban J connectivity index is 0. The zero-order valence-corrected chi connectivity index (χ0v) is 11.7. The van der Waals surface area contributed by atoms with E-state index in [4.69, 9.17) is 4.55 Å². The van der Waals surface area contributed by atoms with E-state index in [1.54, 1.807) is 0 Å². The highest BCUT2D eigenvalue weighted by Crippen LogP contribution is 2.27. The van der Waals surface area contributed by atoms with Crippen molar-refractivity contribution in [1.82, 2.24) is 6.15 Å². The molecule has 0 heterocycles. The average molecular weight is 329 g/mol. The zero-order chi connectivity index (χ0) is 15.2. The smallest absolute Gasteiger partial charge is 0.344 e. The monoisotopic (exact) mass is 329 g/mol. The Bertz CT molecular complexity index is 356. The van der Waals surface area contributed by atoms with Gasteiger partial charge in [0.05, 0.1) is 0 Å². The molecule has 0 aromatic carbocycles. The van der Waals surface area contributed by atoms with Crippen molar-refractivity contribution in [1.29, 1.82) is 0 Å². The summed E-state index contributed by atoms with van der Waals surface area (Å²) in [4.78, 5) is 0. The van der Waals surface area contributed by atoms with Gasteiger partial charge in [0.15, 0.2) is 0 Å². The Morgan fingerprint density at radius 3 is 1.45 bits per heavy atom. The molecule has 0 amide bonds. The number of unbranched alkanes of at least 4 members (excludes halogenated alkanes) is 5. The third kappa shape index (κ3) is 10.3. The molecule has 0 aromatic heterocycles. The number of halogens is 5. The van der Waals surface area contributed by atoms with Crippen molar-refractivity contribution in [3.05, 3.63) is 0 Å². The van der Waals surface area contributed by atoms with Crippen molar-refractivity contribution in [3.63, 3.8) is 0 Å². The third-order valence-electron chi connectivity index (χ3n) is 2.56. The molecule has 0 aliphatic carbocycles. The molecule has 0 fully saturated rings. The topological polar surface area (TPSA) is 89.4 Å². The lowest BCUT2D eigenvalue weighted by molar-refractivity contribution is -0.135.